The Morgan fingerprint density at radius 2 is 1.84 bits per heavy atom. The molecule has 0 aliphatic carbocycles. The Hall–Kier alpha value is -3.09. The van der Waals surface area contributed by atoms with Crippen LogP contribution in [0.5, 0.6) is 0 Å². The average molecular weight is 336 g/mol. The van der Waals surface area contributed by atoms with Gasteiger partial charge in [-0.3, -0.25) is 0 Å². The molecule has 6 nitrogen and oxygen atoms in total. The van der Waals surface area contributed by atoms with Gasteiger partial charge in [-0.1, -0.05) is 12.1 Å². The number of benzene rings is 1. The number of halogens is 1. The standard InChI is InChI=1S/C18H17FN6/c19-14-5-3-12(4-6-14)15-2-1-7-25(15)16-10-23-17(18(20)24-16)13-8-21-11-22-9-13/h3-6,8-11,15H,1-2,7H2,(H2,20,24). The SMILES string of the molecule is Nc1nc(N2CCCC2c2ccc(F)cc2)cnc1-c1cncnc1. The molecule has 1 aliphatic rings. The van der Waals surface area contributed by atoms with E-state index in [4.69, 9.17) is 5.73 Å². The van der Waals surface area contributed by atoms with E-state index in [9.17, 15) is 4.39 Å². The average Bonchev–Trinajstić information content (AvgIpc) is 3.13. The second kappa shape index (κ2) is 6.43. The molecule has 0 saturated carbocycles. The predicted molar refractivity (Wildman–Crippen MR) is 93.2 cm³/mol. The van der Waals surface area contributed by atoms with Gasteiger partial charge in [0.05, 0.1) is 12.2 Å². The maximum Gasteiger partial charge on any atom is 0.152 e. The van der Waals surface area contributed by atoms with Crippen LogP contribution in [0.2, 0.25) is 0 Å². The summed E-state index contributed by atoms with van der Waals surface area (Å²) in [5, 5.41) is 0. The van der Waals surface area contributed by atoms with E-state index in [0.29, 0.717) is 11.5 Å². The minimum Gasteiger partial charge on any atom is -0.382 e. The van der Waals surface area contributed by atoms with Gasteiger partial charge in [-0.05, 0) is 30.5 Å². The highest BCUT2D eigenvalue weighted by Gasteiger charge is 2.27. The second-order valence-electron chi connectivity index (χ2n) is 5.99. The van der Waals surface area contributed by atoms with Crippen LogP contribution < -0.4 is 10.6 Å². The number of anilines is 2. The van der Waals surface area contributed by atoms with Crippen LogP contribution in [0.3, 0.4) is 0 Å². The molecular formula is C18H17FN6. The summed E-state index contributed by atoms with van der Waals surface area (Å²) in [4.78, 5) is 19.1. The van der Waals surface area contributed by atoms with Crippen molar-refractivity contribution >= 4 is 11.6 Å². The molecular weight excluding hydrogens is 319 g/mol. The lowest BCUT2D eigenvalue weighted by atomic mass is 10.0. The molecule has 1 aliphatic heterocycles. The van der Waals surface area contributed by atoms with Crippen molar-refractivity contribution in [1.29, 1.82) is 0 Å². The van der Waals surface area contributed by atoms with Gasteiger partial charge in [0.1, 0.15) is 23.7 Å². The van der Waals surface area contributed by atoms with E-state index < -0.39 is 0 Å². The molecule has 0 radical (unpaired) electrons. The normalized spacial score (nSPS) is 17.0. The number of rotatable bonds is 3. The monoisotopic (exact) mass is 336 g/mol. The third-order valence-corrected chi connectivity index (χ3v) is 4.42. The van der Waals surface area contributed by atoms with Crippen molar-refractivity contribution in [2.24, 2.45) is 0 Å². The van der Waals surface area contributed by atoms with E-state index in [1.807, 2.05) is 12.1 Å². The summed E-state index contributed by atoms with van der Waals surface area (Å²) in [5.74, 6) is 0.841. The highest BCUT2D eigenvalue weighted by Crippen LogP contribution is 2.36. The lowest BCUT2D eigenvalue weighted by Gasteiger charge is -2.26. The summed E-state index contributed by atoms with van der Waals surface area (Å²) >= 11 is 0. The van der Waals surface area contributed by atoms with Crippen LogP contribution in [-0.4, -0.2) is 26.5 Å². The number of hydrogen-bond acceptors (Lipinski definition) is 6. The zero-order chi connectivity index (χ0) is 17.2. The van der Waals surface area contributed by atoms with Crippen LogP contribution in [0.25, 0.3) is 11.3 Å². The molecule has 0 spiro atoms. The first-order valence-corrected chi connectivity index (χ1v) is 8.12. The van der Waals surface area contributed by atoms with E-state index in [-0.39, 0.29) is 11.9 Å². The molecule has 7 heteroatoms. The fourth-order valence-electron chi connectivity index (χ4n) is 3.25. The molecule has 3 heterocycles. The third kappa shape index (κ3) is 3.00. The van der Waals surface area contributed by atoms with Gasteiger partial charge in [-0.2, -0.15) is 0 Å². The molecule has 3 aromatic rings. The fourth-order valence-corrected chi connectivity index (χ4v) is 3.25. The van der Waals surface area contributed by atoms with Crippen LogP contribution in [0.15, 0.2) is 49.2 Å². The van der Waals surface area contributed by atoms with Crippen molar-refractivity contribution in [1.82, 2.24) is 19.9 Å². The van der Waals surface area contributed by atoms with E-state index in [0.717, 1.165) is 36.3 Å². The molecule has 2 aromatic heterocycles. The molecule has 2 N–H and O–H groups in total. The second-order valence-corrected chi connectivity index (χ2v) is 5.99. The lowest BCUT2D eigenvalue weighted by molar-refractivity contribution is 0.624. The molecule has 0 amide bonds. The van der Waals surface area contributed by atoms with Gasteiger partial charge in [0, 0.05) is 24.5 Å². The van der Waals surface area contributed by atoms with Gasteiger partial charge in [0.15, 0.2) is 5.82 Å². The summed E-state index contributed by atoms with van der Waals surface area (Å²) < 4.78 is 13.2. The molecule has 1 atom stereocenters. The molecule has 126 valence electrons. The number of nitrogens with zero attached hydrogens (tertiary/aromatic N) is 5. The van der Waals surface area contributed by atoms with Crippen molar-refractivity contribution in [3.63, 3.8) is 0 Å². The van der Waals surface area contributed by atoms with E-state index in [1.54, 1.807) is 18.6 Å². The first kappa shape index (κ1) is 15.4. The predicted octanol–water partition coefficient (Wildman–Crippen LogP) is 3.00. The lowest BCUT2D eigenvalue weighted by Crippen LogP contribution is -2.24. The van der Waals surface area contributed by atoms with Gasteiger partial charge in [-0.15, -0.1) is 0 Å². The molecule has 1 aromatic carbocycles. The Kier molecular flexibility index (Phi) is 3.97. The first-order chi connectivity index (χ1) is 12.2. The molecule has 1 unspecified atom stereocenters. The maximum absolute atomic E-state index is 13.2. The zero-order valence-corrected chi connectivity index (χ0v) is 13.5. The smallest absolute Gasteiger partial charge is 0.152 e. The summed E-state index contributed by atoms with van der Waals surface area (Å²) in [5.41, 5.74) is 8.49. The van der Waals surface area contributed by atoms with Gasteiger partial charge in [0.25, 0.3) is 0 Å². The minimum absolute atomic E-state index is 0.153. The van der Waals surface area contributed by atoms with Crippen LogP contribution in [0, 0.1) is 5.82 Å². The van der Waals surface area contributed by atoms with Crippen molar-refractivity contribution in [3.8, 4) is 11.3 Å². The van der Waals surface area contributed by atoms with E-state index in [1.165, 1.54) is 18.5 Å². The summed E-state index contributed by atoms with van der Waals surface area (Å²) in [6.45, 7) is 0.865. The van der Waals surface area contributed by atoms with Crippen LogP contribution >= 0.6 is 0 Å². The summed E-state index contributed by atoms with van der Waals surface area (Å²) in [6, 6.07) is 6.78. The van der Waals surface area contributed by atoms with Gasteiger partial charge in [0.2, 0.25) is 0 Å². The number of aromatic nitrogens is 4. The van der Waals surface area contributed by atoms with Crippen molar-refractivity contribution in [2.45, 2.75) is 18.9 Å². The highest BCUT2D eigenvalue weighted by atomic mass is 19.1. The van der Waals surface area contributed by atoms with E-state index >= 15 is 0 Å². The summed E-state index contributed by atoms with van der Waals surface area (Å²) in [7, 11) is 0. The van der Waals surface area contributed by atoms with Crippen molar-refractivity contribution < 1.29 is 4.39 Å². The minimum atomic E-state index is -0.230. The Labute approximate surface area is 144 Å². The topological polar surface area (TPSA) is 80.8 Å². The van der Waals surface area contributed by atoms with Gasteiger partial charge < -0.3 is 10.6 Å². The van der Waals surface area contributed by atoms with E-state index in [2.05, 4.69) is 24.8 Å². The largest absolute Gasteiger partial charge is 0.382 e. The fraction of sp³-hybridized carbons (Fsp3) is 0.222. The third-order valence-electron chi connectivity index (χ3n) is 4.42. The van der Waals surface area contributed by atoms with Crippen LogP contribution in [-0.2, 0) is 0 Å². The van der Waals surface area contributed by atoms with Gasteiger partial charge >= 0.3 is 0 Å². The molecule has 0 bridgehead atoms. The zero-order valence-electron chi connectivity index (χ0n) is 13.5. The maximum atomic E-state index is 13.2. The Balaban J connectivity index is 1.65. The summed E-state index contributed by atoms with van der Waals surface area (Å²) in [6.07, 6.45) is 8.52. The first-order valence-electron chi connectivity index (χ1n) is 8.12. The van der Waals surface area contributed by atoms with Crippen LogP contribution in [0.1, 0.15) is 24.4 Å². The molecule has 4 rings (SSSR count). The van der Waals surface area contributed by atoms with Crippen molar-refractivity contribution in [2.75, 3.05) is 17.2 Å². The number of nitrogens with two attached hydrogens (primary N) is 1. The number of nitrogen functional groups attached to an aromatic ring is 1. The number of hydrogen-bond donors (Lipinski definition) is 1. The molecule has 1 saturated heterocycles. The quantitative estimate of drug-likeness (QED) is 0.792. The highest BCUT2D eigenvalue weighted by molar-refractivity contribution is 5.69. The van der Waals surface area contributed by atoms with Crippen LogP contribution in [0.4, 0.5) is 16.0 Å². The Morgan fingerprint density at radius 1 is 1.08 bits per heavy atom. The Bertz CT molecular complexity index is 868. The van der Waals surface area contributed by atoms with Gasteiger partial charge in [-0.25, -0.2) is 24.3 Å². The molecule has 1 fully saturated rings. The molecule has 25 heavy (non-hydrogen) atoms. The van der Waals surface area contributed by atoms with Crippen molar-refractivity contribution in [3.05, 3.63) is 60.6 Å². The Morgan fingerprint density at radius 3 is 2.56 bits per heavy atom.